The fourth-order valence-corrected chi connectivity index (χ4v) is 2.03. The zero-order valence-corrected chi connectivity index (χ0v) is 10.9. The molecule has 0 saturated carbocycles. The molecule has 0 unspecified atom stereocenters. The van der Waals surface area contributed by atoms with Gasteiger partial charge in [-0.25, -0.2) is 4.68 Å². The Morgan fingerprint density at radius 1 is 1.42 bits per heavy atom. The van der Waals surface area contributed by atoms with E-state index in [4.69, 9.17) is 5.26 Å². The standard InChI is InChI=1S/C14H16N4O/c1-2-8-17(9-7-15)11-18-14(19)13-6-4-3-5-12(13)10-16-18/h3-6,10H,2,8-9,11H2,1H3. The number of fused-ring (bicyclic) bond motifs is 1. The van der Waals surface area contributed by atoms with Crippen molar-refractivity contribution in [1.82, 2.24) is 14.7 Å². The van der Waals surface area contributed by atoms with Crippen LogP contribution < -0.4 is 5.56 Å². The van der Waals surface area contributed by atoms with Crippen LogP contribution >= 0.6 is 0 Å². The van der Waals surface area contributed by atoms with Gasteiger partial charge in [-0.2, -0.15) is 10.4 Å². The van der Waals surface area contributed by atoms with Gasteiger partial charge in [0, 0.05) is 11.9 Å². The zero-order chi connectivity index (χ0) is 13.7. The van der Waals surface area contributed by atoms with Crippen LogP contribution in [-0.4, -0.2) is 27.8 Å². The second kappa shape index (κ2) is 6.12. The summed E-state index contributed by atoms with van der Waals surface area (Å²) in [5.41, 5.74) is -0.114. The van der Waals surface area contributed by atoms with Crippen molar-refractivity contribution in [3.63, 3.8) is 0 Å². The third-order valence-corrected chi connectivity index (χ3v) is 2.93. The maximum atomic E-state index is 12.3. The molecule has 0 aliphatic heterocycles. The van der Waals surface area contributed by atoms with Crippen LogP contribution in [0.2, 0.25) is 0 Å². The van der Waals surface area contributed by atoms with E-state index in [2.05, 4.69) is 11.2 Å². The van der Waals surface area contributed by atoms with Crippen molar-refractivity contribution in [2.75, 3.05) is 13.1 Å². The molecule has 0 atom stereocenters. The van der Waals surface area contributed by atoms with Crippen LogP contribution in [0.1, 0.15) is 13.3 Å². The summed E-state index contributed by atoms with van der Waals surface area (Å²) in [5.74, 6) is 0. The highest BCUT2D eigenvalue weighted by molar-refractivity contribution is 5.80. The van der Waals surface area contributed by atoms with Gasteiger partial charge in [0.2, 0.25) is 0 Å². The lowest BCUT2D eigenvalue weighted by Crippen LogP contribution is -2.34. The molecule has 0 aliphatic rings. The molecule has 98 valence electrons. The van der Waals surface area contributed by atoms with Gasteiger partial charge in [0.05, 0.1) is 30.9 Å². The van der Waals surface area contributed by atoms with Crippen molar-refractivity contribution in [2.24, 2.45) is 0 Å². The van der Waals surface area contributed by atoms with E-state index in [9.17, 15) is 4.79 Å². The normalized spacial score (nSPS) is 10.8. The highest BCUT2D eigenvalue weighted by Crippen LogP contribution is 2.06. The fraction of sp³-hybridized carbons (Fsp3) is 0.357. The maximum absolute atomic E-state index is 12.3. The van der Waals surface area contributed by atoms with E-state index in [1.807, 2.05) is 30.0 Å². The summed E-state index contributed by atoms with van der Waals surface area (Å²) >= 11 is 0. The Morgan fingerprint density at radius 3 is 2.95 bits per heavy atom. The lowest BCUT2D eigenvalue weighted by molar-refractivity contribution is 0.227. The van der Waals surface area contributed by atoms with Crippen LogP contribution in [0, 0.1) is 11.3 Å². The third kappa shape index (κ3) is 2.98. The molecule has 1 aromatic heterocycles. The third-order valence-electron chi connectivity index (χ3n) is 2.93. The van der Waals surface area contributed by atoms with E-state index in [0.717, 1.165) is 18.4 Å². The van der Waals surface area contributed by atoms with Crippen molar-refractivity contribution < 1.29 is 0 Å². The number of nitriles is 1. The Labute approximate surface area is 111 Å². The van der Waals surface area contributed by atoms with Crippen molar-refractivity contribution in [3.8, 4) is 6.07 Å². The van der Waals surface area contributed by atoms with Gasteiger partial charge in [-0.15, -0.1) is 0 Å². The van der Waals surface area contributed by atoms with Crippen LogP contribution in [0.4, 0.5) is 0 Å². The molecule has 0 fully saturated rings. The van der Waals surface area contributed by atoms with E-state index in [1.165, 1.54) is 4.68 Å². The molecule has 2 aromatic rings. The summed E-state index contributed by atoms with van der Waals surface area (Å²) in [4.78, 5) is 14.2. The molecule has 0 spiro atoms. The first-order chi connectivity index (χ1) is 9.26. The summed E-state index contributed by atoms with van der Waals surface area (Å²) in [6.07, 6.45) is 2.62. The molecule has 5 nitrogen and oxygen atoms in total. The first-order valence-corrected chi connectivity index (χ1v) is 6.30. The lowest BCUT2D eigenvalue weighted by Gasteiger charge is -2.18. The van der Waals surface area contributed by atoms with Crippen LogP contribution in [0.5, 0.6) is 0 Å². The van der Waals surface area contributed by atoms with Gasteiger partial charge in [-0.3, -0.25) is 9.69 Å². The minimum absolute atomic E-state index is 0.114. The first-order valence-electron chi connectivity index (χ1n) is 6.30. The topological polar surface area (TPSA) is 61.9 Å². The largest absolute Gasteiger partial charge is 0.275 e. The Bertz CT molecular complexity index is 656. The second-order valence-corrected chi connectivity index (χ2v) is 4.39. The number of hydrogen-bond acceptors (Lipinski definition) is 4. The highest BCUT2D eigenvalue weighted by Gasteiger charge is 2.08. The Balaban J connectivity index is 2.33. The van der Waals surface area contributed by atoms with E-state index in [1.54, 1.807) is 12.3 Å². The van der Waals surface area contributed by atoms with E-state index >= 15 is 0 Å². The molecule has 19 heavy (non-hydrogen) atoms. The average molecular weight is 256 g/mol. The Morgan fingerprint density at radius 2 is 2.21 bits per heavy atom. The molecule has 1 heterocycles. The molecular weight excluding hydrogens is 240 g/mol. The molecule has 0 N–H and O–H groups in total. The summed E-state index contributed by atoms with van der Waals surface area (Å²) in [7, 11) is 0. The van der Waals surface area contributed by atoms with Crippen LogP contribution in [0.3, 0.4) is 0 Å². The van der Waals surface area contributed by atoms with Gasteiger partial charge < -0.3 is 0 Å². The van der Waals surface area contributed by atoms with Crippen LogP contribution in [0.25, 0.3) is 10.8 Å². The average Bonchev–Trinajstić information content (AvgIpc) is 2.43. The summed E-state index contributed by atoms with van der Waals surface area (Å²) in [6.45, 7) is 3.47. The van der Waals surface area contributed by atoms with Crippen LogP contribution in [0.15, 0.2) is 35.3 Å². The molecule has 0 radical (unpaired) electrons. The fourth-order valence-electron chi connectivity index (χ4n) is 2.03. The molecule has 0 amide bonds. The lowest BCUT2D eigenvalue weighted by atomic mass is 10.2. The first kappa shape index (κ1) is 13.2. The molecular formula is C14H16N4O. The predicted molar refractivity (Wildman–Crippen MR) is 73.5 cm³/mol. The van der Waals surface area contributed by atoms with E-state index in [-0.39, 0.29) is 5.56 Å². The summed E-state index contributed by atoms with van der Waals surface area (Å²) < 4.78 is 1.41. The van der Waals surface area contributed by atoms with Crippen LogP contribution in [-0.2, 0) is 6.67 Å². The summed E-state index contributed by atoms with van der Waals surface area (Å²) in [5, 5.41) is 14.4. The van der Waals surface area contributed by atoms with Gasteiger partial charge in [0.25, 0.3) is 5.56 Å². The minimum atomic E-state index is -0.114. The number of aromatic nitrogens is 2. The monoisotopic (exact) mass is 256 g/mol. The van der Waals surface area contributed by atoms with Gasteiger partial charge >= 0.3 is 0 Å². The smallest absolute Gasteiger partial charge is 0.271 e. The van der Waals surface area contributed by atoms with Crippen molar-refractivity contribution in [1.29, 1.82) is 5.26 Å². The predicted octanol–water partition coefficient (Wildman–Crippen LogP) is 1.59. The van der Waals surface area contributed by atoms with Gasteiger partial charge in [0.1, 0.15) is 0 Å². The molecule has 0 bridgehead atoms. The minimum Gasteiger partial charge on any atom is -0.271 e. The number of benzene rings is 1. The van der Waals surface area contributed by atoms with E-state index < -0.39 is 0 Å². The summed E-state index contributed by atoms with van der Waals surface area (Å²) in [6, 6.07) is 9.50. The molecule has 5 heteroatoms. The molecule has 0 saturated heterocycles. The van der Waals surface area contributed by atoms with Gasteiger partial charge in [-0.05, 0) is 12.5 Å². The van der Waals surface area contributed by atoms with Gasteiger partial charge in [0.15, 0.2) is 0 Å². The highest BCUT2D eigenvalue weighted by atomic mass is 16.1. The zero-order valence-electron chi connectivity index (χ0n) is 10.9. The van der Waals surface area contributed by atoms with Crippen molar-refractivity contribution in [2.45, 2.75) is 20.0 Å². The Kier molecular flexibility index (Phi) is 4.26. The molecule has 1 aromatic carbocycles. The van der Waals surface area contributed by atoms with Crippen molar-refractivity contribution in [3.05, 3.63) is 40.8 Å². The number of hydrogen-bond donors (Lipinski definition) is 0. The molecule has 2 rings (SSSR count). The number of rotatable bonds is 5. The second-order valence-electron chi connectivity index (χ2n) is 4.39. The quantitative estimate of drug-likeness (QED) is 0.762. The van der Waals surface area contributed by atoms with Crippen molar-refractivity contribution >= 4 is 10.8 Å². The maximum Gasteiger partial charge on any atom is 0.275 e. The Hall–Kier alpha value is -2.19. The number of nitrogens with zero attached hydrogens (tertiary/aromatic N) is 4. The van der Waals surface area contributed by atoms with E-state index in [0.29, 0.717) is 18.6 Å². The van der Waals surface area contributed by atoms with Gasteiger partial charge in [-0.1, -0.05) is 25.1 Å². The SMILES string of the molecule is CCCN(CC#N)Cn1ncc2ccccc2c1=O. The molecule has 0 aliphatic carbocycles.